The van der Waals surface area contributed by atoms with Gasteiger partial charge in [0.15, 0.2) is 0 Å². The molecule has 1 aromatic carbocycles. The number of aryl methyl sites for hydroxylation is 1. The van der Waals surface area contributed by atoms with Crippen LogP contribution in [0.1, 0.15) is 15.9 Å². The Morgan fingerprint density at radius 3 is 2.78 bits per heavy atom. The molecule has 0 spiro atoms. The van der Waals surface area contributed by atoms with Crippen LogP contribution in [0.2, 0.25) is 0 Å². The molecule has 2 N–H and O–H groups in total. The van der Waals surface area contributed by atoms with Gasteiger partial charge in [-0.05, 0) is 18.6 Å². The van der Waals surface area contributed by atoms with Gasteiger partial charge >= 0.3 is 0 Å². The zero-order chi connectivity index (χ0) is 12.8. The van der Waals surface area contributed by atoms with Gasteiger partial charge in [0.05, 0.1) is 0 Å². The Morgan fingerprint density at radius 2 is 2.06 bits per heavy atom. The summed E-state index contributed by atoms with van der Waals surface area (Å²) in [5, 5.41) is 6.30. The number of hydrogen-bond donors (Lipinski definition) is 2. The third kappa shape index (κ3) is 3.55. The zero-order valence-electron chi connectivity index (χ0n) is 10.9. The summed E-state index contributed by atoms with van der Waals surface area (Å²) in [5.74, 6) is 0.0308. The molecule has 2 rings (SSSR count). The highest BCUT2D eigenvalue weighted by Crippen LogP contribution is 2.06. The number of carbonyl (C=O) groups excluding carboxylic acids is 1. The summed E-state index contributed by atoms with van der Waals surface area (Å²) in [7, 11) is 0. The van der Waals surface area contributed by atoms with Crippen LogP contribution in [0, 0.1) is 6.92 Å². The predicted molar refractivity (Wildman–Crippen MR) is 72.8 cm³/mol. The summed E-state index contributed by atoms with van der Waals surface area (Å²) in [4.78, 5) is 14.3. The van der Waals surface area contributed by atoms with E-state index in [1.807, 2.05) is 31.2 Å². The first-order valence-electron chi connectivity index (χ1n) is 6.54. The van der Waals surface area contributed by atoms with Gasteiger partial charge in [-0.25, -0.2) is 0 Å². The van der Waals surface area contributed by atoms with E-state index in [0.717, 1.165) is 43.9 Å². The Labute approximate surface area is 108 Å². The molecule has 0 radical (unpaired) electrons. The van der Waals surface area contributed by atoms with Gasteiger partial charge in [0, 0.05) is 44.8 Å². The molecule has 1 aliphatic rings. The summed E-state index contributed by atoms with van der Waals surface area (Å²) in [5.41, 5.74) is 1.80. The van der Waals surface area contributed by atoms with E-state index in [2.05, 4.69) is 15.5 Å². The number of nitrogens with zero attached hydrogens (tertiary/aromatic N) is 1. The van der Waals surface area contributed by atoms with E-state index >= 15 is 0 Å². The summed E-state index contributed by atoms with van der Waals surface area (Å²) in [6.45, 7) is 7.84. The maximum atomic E-state index is 12.0. The third-order valence-corrected chi connectivity index (χ3v) is 3.31. The first-order chi connectivity index (χ1) is 8.77. The highest BCUT2D eigenvalue weighted by molar-refractivity contribution is 5.95. The van der Waals surface area contributed by atoms with Crippen molar-refractivity contribution in [3.8, 4) is 0 Å². The van der Waals surface area contributed by atoms with Gasteiger partial charge < -0.3 is 10.6 Å². The van der Waals surface area contributed by atoms with Gasteiger partial charge in [0.2, 0.25) is 0 Å². The number of hydrogen-bond acceptors (Lipinski definition) is 3. The van der Waals surface area contributed by atoms with Crippen LogP contribution in [0.5, 0.6) is 0 Å². The van der Waals surface area contributed by atoms with E-state index < -0.39 is 0 Å². The number of nitrogens with one attached hydrogen (secondary N) is 2. The van der Waals surface area contributed by atoms with Gasteiger partial charge in [-0.2, -0.15) is 0 Å². The molecule has 1 heterocycles. The van der Waals surface area contributed by atoms with Crippen LogP contribution in [0.25, 0.3) is 0 Å². The summed E-state index contributed by atoms with van der Waals surface area (Å²) in [6, 6.07) is 7.69. The van der Waals surface area contributed by atoms with Crippen molar-refractivity contribution in [2.45, 2.75) is 6.92 Å². The van der Waals surface area contributed by atoms with Crippen molar-refractivity contribution in [3.63, 3.8) is 0 Å². The lowest BCUT2D eigenvalue weighted by Gasteiger charge is -2.27. The normalized spacial score (nSPS) is 16.5. The molecule has 1 saturated heterocycles. The van der Waals surface area contributed by atoms with E-state index in [0.29, 0.717) is 6.54 Å². The first-order valence-corrected chi connectivity index (χ1v) is 6.54. The van der Waals surface area contributed by atoms with Crippen LogP contribution in [0.15, 0.2) is 24.3 Å². The number of benzene rings is 1. The zero-order valence-corrected chi connectivity index (χ0v) is 10.9. The third-order valence-electron chi connectivity index (χ3n) is 3.31. The smallest absolute Gasteiger partial charge is 0.251 e. The SMILES string of the molecule is Cc1ccccc1C(=O)NCCN1CCNCC1. The number of amides is 1. The van der Waals surface area contributed by atoms with E-state index in [1.54, 1.807) is 0 Å². The minimum atomic E-state index is 0.0308. The number of carbonyl (C=O) groups is 1. The minimum absolute atomic E-state index is 0.0308. The Kier molecular flexibility index (Phi) is 4.73. The van der Waals surface area contributed by atoms with Crippen LogP contribution in [-0.4, -0.2) is 50.1 Å². The molecule has 4 heteroatoms. The molecule has 0 saturated carbocycles. The summed E-state index contributed by atoms with van der Waals surface area (Å²) < 4.78 is 0. The molecule has 1 aromatic rings. The van der Waals surface area contributed by atoms with Crippen molar-refractivity contribution in [2.75, 3.05) is 39.3 Å². The molecule has 1 amide bonds. The largest absolute Gasteiger partial charge is 0.351 e. The Morgan fingerprint density at radius 1 is 1.33 bits per heavy atom. The van der Waals surface area contributed by atoms with Gasteiger partial charge in [0.25, 0.3) is 5.91 Å². The molecule has 0 bridgehead atoms. The minimum Gasteiger partial charge on any atom is -0.351 e. The lowest BCUT2D eigenvalue weighted by Crippen LogP contribution is -2.46. The maximum Gasteiger partial charge on any atom is 0.251 e. The Balaban J connectivity index is 1.76. The van der Waals surface area contributed by atoms with Crippen molar-refractivity contribution in [1.82, 2.24) is 15.5 Å². The number of piperazine rings is 1. The van der Waals surface area contributed by atoms with E-state index in [9.17, 15) is 4.79 Å². The van der Waals surface area contributed by atoms with Gasteiger partial charge in [0.1, 0.15) is 0 Å². The maximum absolute atomic E-state index is 12.0. The van der Waals surface area contributed by atoms with Crippen molar-refractivity contribution in [2.24, 2.45) is 0 Å². The van der Waals surface area contributed by atoms with Gasteiger partial charge in [-0.3, -0.25) is 9.69 Å². The van der Waals surface area contributed by atoms with E-state index in [4.69, 9.17) is 0 Å². The average Bonchev–Trinajstić information content (AvgIpc) is 2.40. The van der Waals surface area contributed by atoms with Crippen molar-refractivity contribution >= 4 is 5.91 Å². The highest BCUT2D eigenvalue weighted by atomic mass is 16.1. The molecular formula is C14H21N3O. The summed E-state index contributed by atoms with van der Waals surface area (Å²) >= 11 is 0. The van der Waals surface area contributed by atoms with Gasteiger partial charge in [-0.15, -0.1) is 0 Å². The monoisotopic (exact) mass is 247 g/mol. The molecule has 98 valence electrons. The second-order valence-corrected chi connectivity index (χ2v) is 4.66. The van der Waals surface area contributed by atoms with Crippen LogP contribution in [-0.2, 0) is 0 Å². The van der Waals surface area contributed by atoms with Crippen molar-refractivity contribution in [1.29, 1.82) is 0 Å². The predicted octanol–water partition coefficient (Wildman–Crippen LogP) is 0.630. The van der Waals surface area contributed by atoms with Crippen molar-refractivity contribution in [3.05, 3.63) is 35.4 Å². The topological polar surface area (TPSA) is 44.4 Å². The molecule has 0 aromatic heterocycles. The Bertz CT molecular complexity index is 400. The van der Waals surface area contributed by atoms with Crippen LogP contribution in [0.4, 0.5) is 0 Å². The van der Waals surface area contributed by atoms with Crippen LogP contribution >= 0.6 is 0 Å². The van der Waals surface area contributed by atoms with Crippen LogP contribution < -0.4 is 10.6 Å². The molecule has 0 unspecified atom stereocenters. The first kappa shape index (κ1) is 13.1. The fraction of sp³-hybridized carbons (Fsp3) is 0.500. The van der Waals surface area contributed by atoms with Gasteiger partial charge in [-0.1, -0.05) is 18.2 Å². The fourth-order valence-corrected chi connectivity index (χ4v) is 2.19. The average molecular weight is 247 g/mol. The Hall–Kier alpha value is -1.39. The lowest BCUT2D eigenvalue weighted by atomic mass is 10.1. The van der Waals surface area contributed by atoms with E-state index in [1.165, 1.54) is 0 Å². The quantitative estimate of drug-likeness (QED) is 0.820. The van der Waals surface area contributed by atoms with Crippen LogP contribution in [0.3, 0.4) is 0 Å². The lowest BCUT2D eigenvalue weighted by molar-refractivity contribution is 0.0946. The molecule has 18 heavy (non-hydrogen) atoms. The molecule has 4 nitrogen and oxygen atoms in total. The highest BCUT2D eigenvalue weighted by Gasteiger charge is 2.10. The number of rotatable bonds is 4. The van der Waals surface area contributed by atoms with E-state index in [-0.39, 0.29) is 5.91 Å². The molecule has 1 fully saturated rings. The van der Waals surface area contributed by atoms with Crippen molar-refractivity contribution < 1.29 is 4.79 Å². The second-order valence-electron chi connectivity index (χ2n) is 4.66. The standard InChI is InChI=1S/C14H21N3O/c1-12-4-2-3-5-13(12)14(18)16-8-11-17-9-6-15-7-10-17/h2-5,15H,6-11H2,1H3,(H,16,18). The second kappa shape index (κ2) is 6.52. The fourth-order valence-electron chi connectivity index (χ4n) is 2.19. The molecule has 1 aliphatic heterocycles. The summed E-state index contributed by atoms with van der Waals surface area (Å²) in [6.07, 6.45) is 0. The molecular weight excluding hydrogens is 226 g/mol. The molecule has 0 atom stereocenters. The molecule has 0 aliphatic carbocycles.